The third-order valence-corrected chi connectivity index (χ3v) is 3.62. The van der Waals surface area contributed by atoms with E-state index >= 15 is 0 Å². The number of phenolic OH excluding ortho intramolecular Hbond substituents is 1. The summed E-state index contributed by atoms with van der Waals surface area (Å²) in [5.74, 6) is 0.166. The third kappa shape index (κ3) is 2.70. The van der Waals surface area contributed by atoms with Crippen LogP contribution in [-0.4, -0.2) is 48.1 Å². The third-order valence-electron chi connectivity index (χ3n) is 3.62. The maximum absolute atomic E-state index is 9.43. The molecule has 4 nitrogen and oxygen atoms in total. The Labute approximate surface area is 103 Å². The zero-order valence-corrected chi connectivity index (χ0v) is 10.6. The number of nitrogens with two attached hydrogens (primary N) is 1. The molecule has 1 aromatic rings. The predicted molar refractivity (Wildman–Crippen MR) is 70.0 cm³/mol. The molecule has 1 fully saturated rings. The Kier molecular flexibility index (Phi) is 3.54. The Balaban J connectivity index is 2.08. The number of aromatic hydroxyl groups is 1. The lowest BCUT2D eigenvalue weighted by Crippen LogP contribution is -2.45. The molecular formula is C13H21N3O. The van der Waals surface area contributed by atoms with Crippen LogP contribution in [0.1, 0.15) is 18.5 Å². The molecule has 1 atom stereocenters. The van der Waals surface area contributed by atoms with E-state index < -0.39 is 0 Å². The van der Waals surface area contributed by atoms with Gasteiger partial charge in [0.2, 0.25) is 0 Å². The summed E-state index contributed by atoms with van der Waals surface area (Å²) in [6, 6.07) is 5.86. The molecule has 0 spiro atoms. The van der Waals surface area contributed by atoms with Gasteiger partial charge in [-0.2, -0.15) is 0 Å². The van der Waals surface area contributed by atoms with Gasteiger partial charge >= 0.3 is 0 Å². The minimum absolute atomic E-state index is 0.166. The van der Waals surface area contributed by atoms with Crippen LogP contribution in [0.15, 0.2) is 18.2 Å². The minimum Gasteiger partial charge on any atom is -0.506 e. The van der Waals surface area contributed by atoms with Gasteiger partial charge in [-0.25, -0.2) is 0 Å². The Morgan fingerprint density at radius 1 is 1.24 bits per heavy atom. The van der Waals surface area contributed by atoms with Crippen molar-refractivity contribution in [2.75, 3.05) is 39.0 Å². The number of rotatable bonds is 2. The first-order valence-electron chi connectivity index (χ1n) is 6.09. The molecule has 1 aliphatic heterocycles. The monoisotopic (exact) mass is 235 g/mol. The van der Waals surface area contributed by atoms with E-state index in [2.05, 4.69) is 23.8 Å². The van der Waals surface area contributed by atoms with Gasteiger partial charge in [-0.15, -0.1) is 0 Å². The summed E-state index contributed by atoms with van der Waals surface area (Å²) >= 11 is 0. The highest BCUT2D eigenvalue weighted by molar-refractivity contribution is 5.53. The van der Waals surface area contributed by atoms with E-state index in [1.165, 1.54) is 5.56 Å². The molecule has 94 valence electrons. The smallest absolute Gasteiger partial charge is 0.138 e. The molecule has 3 N–H and O–H groups in total. The van der Waals surface area contributed by atoms with Crippen LogP contribution >= 0.6 is 0 Å². The first-order chi connectivity index (χ1) is 8.08. The Morgan fingerprint density at radius 3 is 2.47 bits per heavy atom. The second-order valence-electron chi connectivity index (χ2n) is 4.83. The molecule has 4 heteroatoms. The van der Waals surface area contributed by atoms with Gasteiger partial charge in [-0.05, 0) is 31.7 Å². The number of phenols is 1. The molecule has 1 aliphatic rings. The van der Waals surface area contributed by atoms with Crippen molar-refractivity contribution in [1.82, 2.24) is 9.80 Å². The number of benzene rings is 1. The minimum atomic E-state index is 0.166. The fourth-order valence-electron chi connectivity index (χ4n) is 2.25. The van der Waals surface area contributed by atoms with Crippen LogP contribution in [0.5, 0.6) is 5.75 Å². The lowest BCUT2D eigenvalue weighted by atomic mass is 10.0. The second-order valence-corrected chi connectivity index (χ2v) is 4.83. The van der Waals surface area contributed by atoms with Gasteiger partial charge in [0, 0.05) is 32.2 Å². The standard InChI is InChI=1S/C13H21N3O/c1-10(16-7-5-15(2)6-8-16)11-3-4-13(17)12(14)9-11/h3-4,9-10,17H,5-8,14H2,1-2H3. The Bertz CT molecular complexity index is 386. The largest absolute Gasteiger partial charge is 0.506 e. The molecule has 0 saturated carbocycles. The summed E-state index contributed by atoms with van der Waals surface area (Å²) in [7, 11) is 2.15. The summed E-state index contributed by atoms with van der Waals surface area (Å²) in [5, 5.41) is 9.43. The van der Waals surface area contributed by atoms with E-state index in [1.54, 1.807) is 6.07 Å². The van der Waals surface area contributed by atoms with E-state index in [1.807, 2.05) is 12.1 Å². The van der Waals surface area contributed by atoms with Crippen LogP contribution in [-0.2, 0) is 0 Å². The molecule has 0 bridgehead atoms. The summed E-state index contributed by atoms with van der Waals surface area (Å²) < 4.78 is 0. The summed E-state index contributed by atoms with van der Waals surface area (Å²) in [6.45, 7) is 6.57. The molecule has 2 rings (SSSR count). The normalized spacial score (nSPS) is 20.4. The highest BCUT2D eigenvalue weighted by Crippen LogP contribution is 2.27. The van der Waals surface area contributed by atoms with E-state index in [-0.39, 0.29) is 5.75 Å². The van der Waals surface area contributed by atoms with E-state index in [9.17, 15) is 5.11 Å². The van der Waals surface area contributed by atoms with Crippen LogP contribution in [0.3, 0.4) is 0 Å². The van der Waals surface area contributed by atoms with Crippen molar-refractivity contribution >= 4 is 5.69 Å². The topological polar surface area (TPSA) is 52.7 Å². The number of hydrogen-bond acceptors (Lipinski definition) is 4. The molecule has 1 unspecified atom stereocenters. The van der Waals surface area contributed by atoms with Gasteiger partial charge in [0.15, 0.2) is 0 Å². The maximum Gasteiger partial charge on any atom is 0.138 e. The van der Waals surface area contributed by atoms with Gasteiger partial charge in [0.25, 0.3) is 0 Å². The lowest BCUT2D eigenvalue weighted by molar-refractivity contribution is 0.119. The molecule has 0 radical (unpaired) electrons. The lowest BCUT2D eigenvalue weighted by Gasteiger charge is -2.36. The number of anilines is 1. The fourth-order valence-corrected chi connectivity index (χ4v) is 2.25. The molecule has 1 aromatic carbocycles. The molecule has 0 aromatic heterocycles. The average Bonchev–Trinajstić information content (AvgIpc) is 2.33. The van der Waals surface area contributed by atoms with Gasteiger partial charge in [-0.1, -0.05) is 6.07 Å². The van der Waals surface area contributed by atoms with Crippen molar-refractivity contribution < 1.29 is 5.11 Å². The molecular weight excluding hydrogens is 214 g/mol. The van der Waals surface area contributed by atoms with Crippen molar-refractivity contribution in [1.29, 1.82) is 0 Å². The van der Waals surface area contributed by atoms with Gasteiger partial charge in [0.1, 0.15) is 5.75 Å². The SMILES string of the molecule is CC(c1ccc(O)c(N)c1)N1CCN(C)CC1. The number of nitrogens with zero attached hydrogens (tertiary/aromatic N) is 2. The fraction of sp³-hybridized carbons (Fsp3) is 0.538. The highest BCUT2D eigenvalue weighted by Gasteiger charge is 2.20. The second kappa shape index (κ2) is 4.94. The first-order valence-corrected chi connectivity index (χ1v) is 6.09. The Hall–Kier alpha value is -1.26. The predicted octanol–water partition coefficient (Wildman–Crippen LogP) is 1.28. The summed E-state index contributed by atoms with van der Waals surface area (Å²) in [4.78, 5) is 4.79. The number of nitrogen functional groups attached to an aromatic ring is 1. The quantitative estimate of drug-likeness (QED) is 0.599. The van der Waals surface area contributed by atoms with Crippen molar-refractivity contribution in [3.05, 3.63) is 23.8 Å². The van der Waals surface area contributed by atoms with Crippen LogP contribution < -0.4 is 5.73 Å². The van der Waals surface area contributed by atoms with Gasteiger partial charge < -0.3 is 15.7 Å². The highest BCUT2D eigenvalue weighted by atomic mass is 16.3. The van der Waals surface area contributed by atoms with E-state index in [4.69, 9.17) is 5.73 Å². The summed E-state index contributed by atoms with van der Waals surface area (Å²) in [5.41, 5.74) is 7.37. The van der Waals surface area contributed by atoms with E-state index in [0.717, 1.165) is 26.2 Å². The molecule has 0 aliphatic carbocycles. The van der Waals surface area contributed by atoms with Crippen LogP contribution in [0, 0.1) is 0 Å². The molecule has 0 amide bonds. The average molecular weight is 235 g/mol. The van der Waals surface area contributed by atoms with Crippen molar-refractivity contribution in [2.45, 2.75) is 13.0 Å². The zero-order valence-electron chi connectivity index (χ0n) is 10.6. The zero-order chi connectivity index (χ0) is 12.4. The molecule has 17 heavy (non-hydrogen) atoms. The van der Waals surface area contributed by atoms with Crippen molar-refractivity contribution in [3.8, 4) is 5.75 Å². The van der Waals surface area contributed by atoms with Crippen LogP contribution in [0.4, 0.5) is 5.69 Å². The number of likely N-dealkylation sites (N-methyl/N-ethyl adjacent to an activating group) is 1. The first kappa shape index (κ1) is 12.2. The van der Waals surface area contributed by atoms with Crippen molar-refractivity contribution in [2.24, 2.45) is 0 Å². The van der Waals surface area contributed by atoms with Crippen LogP contribution in [0.2, 0.25) is 0 Å². The van der Waals surface area contributed by atoms with Gasteiger partial charge in [0.05, 0.1) is 5.69 Å². The molecule has 1 saturated heterocycles. The van der Waals surface area contributed by atoms with Crippen molar-refractivity contribution in [3.63, 3.8) is 0 Å². The Morgan fingerprint density at radius 2 is 1.88 bits per heavy atom. The number of hydrogen-bond donors (Lipinski definition) is 2. The maximum atomic E-state index is 9.43. The van der Waals surface area contributed by atoms with Crippen LogP contribution in [0.25, 0.3) is 0 Å². The van der Waals surface area contributed by atoms with E-state index in [0.29, 0.717) is 11.7 Å². The number of piperazine rings is 1. The summed E-state index contributed by atoms with van der Waals surface area (Å²) in [6.07, 6.45) is 0. The molecule has 1 heterocycles. The van der Waals surface area contributed by atoms with Gasteiger partial charge in [-0.3, -0.25) is 4.90 Å².